The molecule has 3 rings (SSSR count). The number of carbonyl (C=O) groups excluding carboxylic acids is 2. The van der Waals surface area contributed by atoms with Crippen LogP contribution in [-0.2, 0) is 4.79 Å². The molecule has 0 aliphatic rings. The zero-order chi connectivity index (χ0) is 22.2. The molecule has 0 heterocycles. The van der Waals surface area contributed by atoms with Gasteiger partial charge in [0.15, 0.2) is 6.10 Å². The van der Waals surface area contributed by atoms with Gasteiger partial charge in [-0.2, -0.15) is 5.10 Å². The summed E-state index contributed by atoms with van der Waals surface area (Å²) < 4.78 is 11.6. The molecule has 31 heavy (non-hydrogen) atoms. The largest absolute Gasteiger partial charge is 0.481 e. The molecule has 3 aromatic rings. The summed E-state index contributed by atoms with van der Waals surface area (Å²) in [5.41, 5.74) is 3.57. The van der Waals surface area contributed by atoms with Crippen molar-refractivity contribution in [1.82, 2.24) is 5.43 Å². The number of nitrogens with one attached hydrogen (secondary N) is 1. The van der Waals surface area contributed by atoms with Crippen LogP contribution in [0.4, 0.5) is 0 Å². The number of hydrogen-bond acceptors (Lipinski definition) is 5. The SMILES string of the molecule is C[C@H](Oc1cccc(Cl)c1)C(=O)N/N=C\c1ccc(OC(=O)c2ccccc2Br)cc1. The molecule has 3 aromatic carbocycles. The summed E-state index contributed by atoms with van der Waals surface area (Å²) in [4.78, 5) is 24.4. The van der Waals surface area contributed by atoms with Gasteiger partial charge in [0.25, 0.3) is 5.91 Å². The molecule has 0 saturated heterocycles. The van der Waals surface area contributed by atoms with Gasteiger partial charge in [-0.3, -0.25) is 4.79 Å². The number of esters is 1. The molecule has 1 N–H and O–H groups in total. The second-order valence-corrected chi connectivity index (χ2v) is 7.68. The Bertz CT molecular complexity index is 1100. The van der Waals surface area contributed by atoms with E-state index in [-0.39, 0.29) is 0 Å². The highest BCUT2D eigenvalue weighted by atomic mass is 79.9. The fourth-order valence-corrected chi connectivity index (χ4v) is 3.10. The molecule has 0 bridgehead atoms. The fourth-order valence-electron chi connectivity index (χ4n) is 2.47. The van der Waals surface area contributed by atoms with Crippen molar-refractivity contribution < 1.29 is 19.1 Å². The number of amides is 1. The van der Waals surface area contributed by atoms with Crippen molar-refractivity contribution in [3.8, 4) is 11.5 Å². The molecule has 0 fully saturated rings. The van der Waals surface area contributed by atoms with Crippen molar-refractivity contribution in [2.75, 3.05) is 0 Å². The number of hydrazone groups is 1. The number of benzene rings is 3. The maximum absolute atomic E-state index is 12.2. The zero-order valence-electron chi connectivity index (χ0n) is 16.4. The minimum atomic E-state index is -0.755. The standard InChI is InChI=1S/C23H18BrClN2O4/c1-15(30-19-6-4-5-17(25)13-19)22(28)27-26-14-16-9-11-18(12-10-16)31-23(29)20-7-2-3-8-21(20)24/h2-15H,1H3,(H,27,28)/b26-14-/t15-/m0/s1. The van der Waals surface area contributed by atoms with Crippen LogP contribution in [-0.4, -0.2) is 24.2 Å². The number of nitrogens with zero attached hydrogens (tertiary/aromatic N) is 1. The quantitative estimate of drug-likeness (QED) is 0.208. The summed E-state index contributed by atoms with van der Waals surface area (Å²) in [6.45, 7) is 1.61. The van der Waals surface area contributed by atoms with Crippen molar-refractivity contribution in [2.45, 2.75) is 13.0 Å². The molecular formula is C23H18BrClN2O4. The van der Waals surface area contributed by atoms with E-state index in [0.717, 1.165) is 0 Å². The van der Waals surface area contributed by atoms with Crippen molar-refractivity contribution in [3.05, 3.63) is 93.4 Å². The van der Waals surface area contributed by atoms with Crippen LogP contribution < -0.4 is 14.9 Å². The van der Waals surface area contributed by atoms with Crippen molar-refractivity contribution in [3.63, 3.8) is 0 Å². The van der Waals surface area contributed by atoms with Gasteiger partial charge in [0.1, 0.15) is 11.5 Å². The Morgan fingerprint density at radius 2 is 1.77 bits per heavy atom. The van der Waals surface area contributed by atoms with Gasteiger partial charge in [0, 0.05) is 9.50 Å². The normalized spacial score (nSPS) is 11.7. The van der Waals surface area contributed by atoms with E-state index in [1.54, 1.807) is 73.7 Å². The summed E-state index contributed by atoms with van der Waals surface area (Å²) in [5, 5.41) is 4.45. The third-order valence-electron chi connectivity index (χ3n) is 4.05. The molecule has 0 aromatic heterocycles. The van der Waals surface area contributed by atoms with Crippen molar-refractivity contribution in [1.29, 1.82) is 0 Å². The second kappa shape index (κ2) is 10.7. The van der Waals surface area contributed by atoms with Crippen LogP contribution in [0.5, 0.6) is 11.5 Å². The molecular weight excluding hydrogens is 484 g/mol. The highest BCUT2D eigenvalue weighted by Crippen LogP contribution is 2.20. The molecule has 158 valence electrons. The molecule has 0 aliphatic carbocycles. The van der Waals surface area contributed by atoms with Gasteiger partial charge >= 0.3 is 5.97 Å². The van der Waals surface area contributed by atoms with Gasteiger partial charge in [-0.1, -0.05) is 29.8 Å². The summed E-state index contributed by atoms with van der Waals surface area (Å²) in [5.74, 6) is 0.0161. The third kappa shape index (κ3) is 6.67. The highest BCUT2D eigenvalue weighted by molar-refractivity contribution is 9.10. The minimum absolute atomic E-state index is 0.394. The van der Waals surface area contributed by atoms with E-state index >= 15 is 0 Å². The van der Waals surface area contributed by atoms with Crippen LogP contribution in [0.1, 0.15) is 22.8 Å². The first-order chi connectivity index (χ1) is 14.9. The summed E-state index contributed by atoms with van der Waals surface area (Å²) >= 11 is 9.23. The number of rotatable bonds is 7. The maximum atomic E-state index is 12.2. The van der Waals surface area contributed by atoms with Gasteiger partial charge in [0.05, 0.1) is 11.8 Å². The highest BCUT2D eigenvalue weighted by Gasteiger charge is 2.14. The zero-order valence-corrected chi connectivity index (χ0v) is 18.8. The van der Waals surface area contributed by atoms with Gasteiger partial charge in [-0.25, -0.2) is 10.2 Å². The molecule has 0 unspecified atom stereocenters. The van der Waals surface area contributed by atoms with E-state index < -0.39 is 18.0 Å². The lowest BCUT2D eigenvalue weighted by molar-refractivity contribution is -0.127. The van der Waals surface area contributed by atoms with E-state index in [1.165, 1.54) is 6.21 Å². The Hall–Kier alpha value is -3.16. The van der Waals surface area contributed by atoms with Gasteiger partial charge < -0.3 is 9.47 Å². The summed E-state index contributed by atoms with van der Waals surface area (Å²) in [6, 6.07) is 20.5. The Labute approximate surface area is 193 Å². The molecule has 6 nitrogen and oxygen atoms in total. The average Bonchev–Trinajstić information content (AvgIpc) is 2.75. The van der Waals surface area contributed by atoms with Crippen LogP contribution in [0, 0.1) is 0 Å². The summed E-state index contributed by atoms with van der Waals surface area (Å²) in [7, 11) is 0. The number of ether oxygens (including phenoxy) is 2. The van der Waals surface area contributed by atoms with Crippen LogP contribution in [0.25, 0.3) is 0 Å². The van der Waals surface area contributed by atoms with Crippen LogP contribution in [0.3, 0.4) is 0 Å². The minimum Gasteiger partial charge on any atom is -0.481 e. The maximum Gasteiger partial charge on any atom is 0.344 e. The lowest BCUT2D eigenvalue weighted by Crippen LogP contribution is -2.33. The number of halogens is 2. The molecule has 0 aliphatic heterocycles. The smallest absolute Gasteiger partial charge is 0.344 e. The van der Waals surface area contributed by atoms with E-state index in [2.05, 4.69) is 26.5 Å². The molecule has 0 saturated carbocycles. The Morgan fingerprint density at radius 1 is 1.03 bits per heavy atom. The first-order valence-electron chi connectivity index (χ1n) is 9.24. The Balaban J connectivity index is 1.51. The van der Waals surface area contributed by atoms with Crippen LogP contribution in [0.15, 0.2) is 82.4 Å². The second-order valence-electron chi connectivity index (χ2n) is 6.39. The third-order valence-corrected chi connectivity index (χ3v) is 4.98. The molecule has 0 spiro atoms. The predicted molar refractivity (Wildman–Crippen MR) is 123 cm³/mol. The number of carbonyl (C=O) groups is 2. The molecule has 0 radical (unpaired) electrons. The predicted octanol–water partition coefficient (Wildman–Crippen LogP) is 5.24. The Morgan fingerprint density at radius 3 is 2.48 bits per heavy atom. The first kappa shape index (κ1) is 22.5. The molecule has 8 heteroatoms. The lowest BCUT2D eigenvalue weighted by atomic mass is 10.2. The van der Waals surface area contributed by atoms with E-state index in [4.69, 9.17) is 21.1 Å². The van der Waals surface area contributed by atoms with Gasteiger partial charge in [-0.05, 0) is 83.0 Å². The van der Waals surface area contributed by atoms with Crippen LogP contribution in [0.2, 0.25) is 5.02 Å². The Kier molecular flexibility index (Phi) is 7.81. The molecule has 1 amide bonds. The molecule has 1 atom stereocenters. The van der Waals surface area contributed by atoms with Gasteiger partial charge in [-0.15, -0.1) is 0 Å². The summed E-state index contributed by atoms with van der Waals surface area (Å²) in [6.07, 6.45) is 0.721. The lowest BCUT2D eigenvalue weighted by Gasteiger charge is -2.12. The van der Waals surface area contributed by atoms with Crippen LogP contribution >= 0.6 is 27.5 Å². The first-order valence-corrected chi connectivity index (χ1v) is 10.4. The van der Waals surface area contributed by atoms with Crippen molar-refractivity contribution >= 4 is 45.6 Å². The van der Waals surface area contributed by atoms with E-state index in [1.807, 2.05) is 6.07 Å². The topological polar surface area (TPSA) is 77.0 Å². The van der Waals surface area contributed by atoms with E-state index in [0.29, 0.717) is 32.1 Å². The fraction of sp³-hybridized carbons (Fsp3) is 0.0870. The van der Waals surface area contributed by atoms with Gasteiger partial charge in [0.2, 0.25) is 0 Å². The number of hydrogen-bond donors (Lipinski definition) is 1. The monoisotopic (exact) mass is 500 g/mol. The average molecular weight is 502 g/mol. The van der Waals surface area contributed by atoms with E-state index in [9.17, 15) is 9.59 Å². The van der Waals surface area contributed by atoms with Crippen molar-refractivity contribution in [2.24, 2.45) is 5.10 Å².